The van der Waals surface area contributed by atoms with Gasteiger partial charge in [0.1, 0.15) is 5.82 Å². The Kier molecular flexibility index (Phi) is 7.80. The Morgan fingerprint density at radius 3 is 2.23 bits per heavy atom. The first-order valence-corrected chi connectivity index (χ1v) is 14.2. The molecule has 0 saturated heterocycles. The zero-order valence-electron chi connectivity index (χ0n) is 23.7. The Balaban J connectivity index is 1.30. The number of nitrogens with zero attached hydrogens (tertiary/aromatic N) is 2. The van der Waals surface area contributed by atoms with Gasteiger partial charge in [0.2, 0.25) is 11.8 Å². The number of carbonyl (C=O) groups excluding carboxylic acids is 2. The van der Waals surface area contributed by atoms with Gasteiger partial charge in [0.05, 0.1) is 5.60 Å². The number of benzene rings is 2. The van der Waals surface area contributed by atoms with Gasteiger partial charge in [0.25, 0.3) is 0 Å². The topological polar surface area (TPSA) is 109 Å². The van der Waals surface area contributed by atoms with Crippen molar-refractivity contribution in [2.45, 2.75) is 76.0 Å². The first-order chi connectivity index (χ1) is 19.0. The summed E-state index contributed by atoms with van der Waals surface area (Å²) in [6.45, 7) is 3.43. The van der Waals surface area contributed by atoms with Crippen LogP contribution in [0.25, 0.3) is 22.3 Å². The fraction of sp³-hybridized carbons (Fsp3) is 0.424. The van der Waals surface area contributed by atoms with Crippen LogP contribution in [0, 0.1) is 5.92 Å². The molecular weight excluding hydrogens is 500 g/mol. The average Bonchev–Trinajstić information content (AvgIpc) is 2.92. The molecule has 5 rings (SSSR count). The van der Waals surface area contributed by atoms with Crippen LogP contribution in [0.4, 0.5) is 5.82 Å². The van der Waals surface area contributed by atoms with E-state index in [-0.39, 0.29) is 17.9 Å². The molecule has 2 aromatic carbocycles. The zero-order chi connectivity index (χ0) is 28.5. The van der Waals surface area contributed by atoms with Crippen LogP contribution in [0.3, 0.4) is 0 Å². The third-order valence-corrected chi connectivity index (χ3v) is 8.75. The Bertz CT molecular complexity index is 1350. The molecule has 40 heavy (non-hydrogen) atoms. The number of carbonyl (C=O) groups is 2. The van der Waals surface area contributed by atoms with Crippen molar-refractivity contribution in [3.05, 3.63) is 72.4 Å². The molecule has 2 fully saturated rings. The Hall–Kier alpha value is -3.55. The van der Waals surface area contributed by atoms with Gasteiger partial charge in [-0.3, -0.25) is 9.59 Å². The SMILES string of the molecule is CC(=O)N(C)C1CCC(CC(=O)Nc2cc(-c3ccccc3)c(-c3ccc(C4(N)CC(C)(O)C4)cc3)cn2)CC1. The zero-order valence-corrected chi connectivity index (χ0v) is 23.7. The van der Waals surface area contributed by atoms with E-state index in [1.54, 1.807) is 6.92 Å². The molecule has 2 aliphatic rings. The average molecular weight is 541 g/mol. The first-order valence-electron chi connectivity index (χ1n) is 14.2. The molecular formula is C33H40N4O3. The molecule has 1 aromatic heterocycles. The first kappa shape index (κ1) is 28.0. The van der Waals surface area contributed by atoms with Crippen LogP contribution in [-0.4, -0.2) is 45.5 Å². The van der Waals surface area contributed by atoms with Crippen LogP contribution in [0.15, 0.2) is 66.9 Å². The summed E-state index contributed by atoms with van der Waals surface area (Å²) in [6.07, 6.45) is 7.11. The van der Waals surface area contributed by atoms with Gasteiger partial charge in [-0.1, -0.05) is 54.6 Å². The highest BCUT2D eigenvalue weighted by Crippen LogP contribution is 2.46. The number of aliphatic hydroxyl groups is 1. The molecule has 2 aliphatic carbocycles. The summed E-state index contributed by atoms with van der Waals surface area (Å²) in [5, 5.41) is 13.2. The molecule has 4 N–H and O–H groups in total. The van der Waals surface area contributed by atoms with Gasteiger partial charge >= 0.3 is 0 Å². The van der Waals surface area contributed by atoms with Gasteiger partial charge in [-0.05, 0) is 79.7 Å². The van der Waals surface area contributed by atoms with E-state index < -0.39 is 11.1 Å². The van der Waals surface area contributed by atoms with E-state index >= 15 is 0 Å². The molecule has 3 aromatic rings. The van der Waals surface area contributed by atoms with Crippen molar-refractivity contribution in [2.75, 3.05) is 12.4 Å². The fourth-order valence-corrected chi connectivity index (χ4v) is 6.55. The fourth-order valence-electron chi connectivity index (χ4n) is 6.55. The van der Waals surface area contributed by atoms with Crippen molar-refractivity contribution in [3.63, 3.8) is 0 Å². The van der Waals surface area contributed by atoms with Gasteiger partial charge in [0, 0.05) is 43.7 Å². The van der Waals surface area contributed by atoms with Crippen LogP contribution >= 0.6 is 0 Å². The number of pyridine rings is 1. The largest absolute Gasteiger partial charge is 0.390 e. The van der Waals surface area contributed by atoms with Gasteiger partial charge in [-0.2, -0.15) is 0 Å². The van der Waals surface area contributed by atoms with Crippen molar-refractivity contribution in [1.29, 1.82) is 0 Å². The summed E-state index contributed by atoms with van der Waals surface area (Å²) >= 11 is 0. The maximum Gasteiger partial charge on any atom is 0.225 e. The van der Waals surface area contributed by atoms with Crippen molar-refractivity contribution in [2.24, 2.45) is 11.7 Å². The number of anilines is 1. The van der Waals surface area contributed by atoms with Crippen LogP contribution in [0.5, 0.6) is 0 Å². The molecule has 0 bridgehead atoms. The molecule has 0 unspecified atom stereocenters. The van der Waals surface area contributed by atoms with E-state index in [0.29, 0.717) is 31.0 Å². The molecule has 0 radical (unpaired) electrons. The van der Waals surface area contributed by atoms with Crippen LogP contribution < -0.4 is 11.1 Å². The number of nitrogens with two attached hydrogens (primary N) is 1. The quantitative estimate of drug-likeness (QED) is 0.368. The standard InChI is InChI=1S/C33H40N4O3/c1-22(38)37(3)27-15-9-23(10-16-27)17-31(39)36-30-18-28(24-7-5-4-6-8-24)29(19-35-30)25-11-13-26(14-12-25)33(34)20-32(2,40)21-33/h4-8,11-14,18-19,23,27,40H,9-10,15-17,20-21,34H2,1-3H3,(H,35,36,39). The number of hydrogen-bond acceptors (Lipinski definition) is 5. The van der Waals surface area contributed by atoms with Crippen LogP contribution in [0.2, 0.25) is 0 Å². The minimum Gasteiger partial charge on any atom is -0.390 e. The summed E-state index contributed by atoms with van der Waals surface area (Å²) in [6, 6.07) is 20.5. The van der Waals surface area contributed by atoms with Crippen molar-refractivity contribution in [3.8, 4) is 22.3 Å². The third-order valence-electron chi connectivity index (χ3n) is 8.75. The highest BCUT2D eigenvalue weighted by atomic mass is 16.3. The molecule has 0 atom stereocenters. The summed E-state index contributed by atoms with van der Waals surface area (Å²) in [7, 11) is 1.86. The molecule has 0 spiro atoms. The van der Waals surface area contributed by atoms with Gasteiger partial charge in [-0.15, -0.1) is 0 Å². The molecule has 2 saturated carbocycles. The van der Waals surface area contributed by atoms with E-state index in [4.69, 9.17) is 5.73 Å². The predicted octanol–water partition coefficient (Wildman–Crippen LogP) is 5.48. The number of hydrogen-bond donors (Lipinski definition) is 3. The van der Waals surface area contributed by atoms with Gasteiger partial charge < -0.3 is 21.1 Å². The summed E-state index contributed by atoms with van der Waals surface area (Å²) < 4.78 is 0. The van der Waals surface area contributed by atoms with Crippen LogP contribution in [0.1, 0.15) is 64.4 Å². The maximum atomic E-state index is 13.0. The highest BCUT2D eigenvalue weighted by molar-refractivity contribution is 5.92. The molecule has 7 heteroatoms. The lowest BCUT2D eigenvalue weighted by atomic mass is 9.63. The van der Waals surface area contributed by atoms with E-state index in [0.717, 1.165) is 53.5 Å². The van der Waals surface area contributed by atoms with E-state index in [2.05, 4.69) is 34.6 Å². The second-order valence-electron chi connectivity index (χ2n) is 12.1. The Morgan fingerprint density at radius 2 is 1.62 bits per heavy atom. The Labute approximate surface area is 236 Å². The number of nitrogens with one attached hydrogen (secondary N) is 1. The second kappa shape index (κ2) is 11.1. The molecule has 7 nitrogen and oxygen atoms in total. The van der Waals surface area contributed by atoms with E-state index in [9.17, 15) is 14.7 Å². The number of aromatic nitrogens is 1. The smallest absolute Gasteiger partial charge is 0.225 e. The van der Waals surface area contributed by atoms with E-state index in [1.807, 2.05) is 61.5 Å². The van der Waals surface area contributed by atoms with Crippen molar-refractivity contribution >= 4 is 17.6 Å². The molecule has 2 amide bonds. The monoisotopic (exact) mass is 540 g/mol. The highest BCUT2D eigenvalue weighted by Gasteiger charge is 2.49. The molecule has 210 valence electrons. The van der Waals surface area contributed by atoms with Crippen molar-refractivity contribution < 1.29 is 14.7 Å². The predicted molar refractivity (Wildman–Crippen MR) is 158 cm³/mol. The van der Waals surface area contributed by atoms with Crippen LogP contribution in [-0.2, 0) is 15.1 Å². The molecule has 0 aliphatic heterocycles. The third kappa shape index (κ3) is 6.11. The normalized spacial score (nSPS) is 26.0. The minimum absolute atomic E-state index is 0.0309. The summed E-state index contributed by atoms with van der Waals surface area (Å²) in [5.41, 5.74) is 10.4. The van der Waals surface area contributed by atoms with E-state index in [1.165, 1.54) is 0 Å². The summed E-state index contributed by atoms with van der Waals surface area (Å²) in [4.78, 5) is 31.1. The molecule has 1 heterocycles. The lowest BCUT2D eigenvalue weighted by Crippen LogP contribution is -2.58. The summed E-state index contributed by atoms with van der Waals surface area (Å²) in [5.74, 6) is 0.911. The van der Waals surface area contributed by atoms with Crippen molar-refractivity contribution in [1.82, 2.24) is 9.88 Å². The van der Waals surface area contributed by atoms with Gasteiger partial charge in [-0.25, -0.2) is 4.98 Å². The Morgan fingerprint density at radius 1 is 1.00 bits per heavy atom. The van der Waals surface area contributed by atoms with Gasteiger partial charge in [0.15, 0.2) is 0 Å². The number of amides is 2. The lowest BCUT2D eigenvalue weighted by molar-refractivity contribution is -0.130. The lowest BCUT2D eigenvalue weighted by Gasteiger charge is -2.49. The maximum absolute atomic E-state index is 13.0. The minimum atomic E-state index is -0.705. The number of rotatable bonds is 7. The second-order valence-corrected chi connectivity index (χ2v) is 12.1.